The second-order valence-electron chi connectivity index (χ2n) is 4.74. The summed E-state index contributed by atoms with van der Waals surface area (Å²) in [5.41, 5.74) is 5.21. The van der Waals surface area contributed by atoms with Crippen molar-refractivity contribution in [1.82, 2.24) is 5.43 Å². The summed E-state index contributed by atoms with van der Waals surface area (Å²) in [7, 11) is 0. The van der Waals surface area contributed by atoms with Gasteiger partial charge in [-0.05, 0) is 29.7 Å². The number of nitrogens with one attached hydrogen (secondary N) is 1. The van der Waals surface area contributed by atoms with Gasteiger partial charge < -0.3 is 0 Å². The predicted octanol–water partition coefficient (Wildman–Crippen LogP) is 4.69. The third kappa shape index (κ3) is 3.33. The van der Waals surface area contributed by atoms with Crippen molar-refractivity contribution in [3.05, 3.63) is 69.7 Å². The summed E-state index contributed by atoms with van der Waals surface area (Å²) in [5.74, 6) is 6.06. The van der Waals surface area contributed by atoms with Gasteiger partial charge in [-0.1, -0.05) is 66.5 Å². The maximum atomic E-state index is 6.11. The molecule has 0 amide bonds. The quantitative estimate of drug-likeness (QED) is 0.621. The van der Waals surface area contributed by atoms with Gasteiger partial charge in [-0.2, -0.15) is 0 Å². The molecule has 2 atom stereocenters. The van der Waals surface area contributed by atoms with Crippen LogP contribution in [-0.4, -0.2) is 0 Å². The van der Waals surface area contributed by atoms with Crippen LogP contribution in [0.15, 0.2) is 48.5 Å². The largest absolute Gasteiger partial charge is 0.271 e. The molecule has 0 radical (unpaired) electrons. The lowest BCUT2D eigenvalue weighted by Gasteiger charge is -2.26. The molecule has 20 heavy (non-hydrogen) atoms. The molecule has 3 N–H and O–H groups in total. The summed E-state index contributed by atoms with van der Waals surface area (Å²) in [6, 6.07) is 16.0. The number of benzene rings is 2. The topological polar surface area (TPSA) is 38.0 Å². The number of hydrogen-bond donors (Lipinski definition) is 2. The molecule has 2 aromatic rings. The number of rotatable bonds is 5. The fourth-order valence-corrected chi connectivity index (χ4v) is 2.82. The van der Waals surface area contributed by atoms with E-state index in [0.717, 1.165) is 12.0 Å². The van der Waals surface area contributed by atoms with Crippen molar-refractivity contribution in [2.75, 3.05) is 0 Å². The van der Waals surface area contributed by atoms with Gasteiger partial charge in [0.15, 0.2) is 0 Å². The first-order valence-corrected chi connectivity index (χ1v) is 7.39. The van der Waals surface area contributed by atoms with Crippen molar-refractivity contribution in [2.24, 2.45) is 5.84 Å². The minimum atomic E-state index is -0.00262. The molecule has 0 heterocycles. The van der Waals surface area contributed by atoms with Gasteiger partial charge in [0, 0.05) is 5.92 Å². The van der Waals surface area contributed by atoms with Crippen molar-refractivity contribution in [1.29, 1.82) is 0 Å². The Bertz CT molecular complexity index is 558. The first kappa shape index (κ1) is 15.3. The Morgan fingerprint density at radius 1 is 1.00 bits per heavy atom. The zero-order valence-electron chi connectivity index (χ0n) is 11.3. The Hall–Kier alpha value is -1.06. The van der Waals surface area contributed by atoms with Crippen LogP contribution in [0.5, 0.6) is 0 Å². The lowest BCUT2D eigenvalue weighted by molar-refractivity contribution is 0.445. The molecule has 0 aliphatic carbocycles. The molecule has 2 nitrogen and oxygen atoms in total. The summed E-state index contributed by atoms with van der Waals surface area (Å²) in [6.45, 7) is 2.15. The third-order valence-corrected chi connectivity index (χ3v) is 4.29. The number of nitrogens with two attached hydrogens (primary N) is 1. The maximum Gasteiger partial charge on any atom is 0.0595 e. The van der Waals surface area contributed by atoms with Gasteiger partial charge in [0.1, 0.15) is 0 Å². The van der Waals surface area contributed by atoms with Gasteiger partial charge in [0.2, 0.25) is 0 Å². The standard InChI is InChI=1S/C16H18Cl2N2/c1-2-13(11-6-4-3-5-7-11)16(20-19)12-8-9-14(17)15(18)10-12/h3-10,13,16,20H,2,19H2,1H3. The Balaban J connectivity index is 2.36. The average Bonchev–Trinajstić information content (AvgIpc) is 2.48. The van der Waals surface area contributed by atoms with Crippen LogP contribution in [0, 0.1) is 0 Å². The molecule has 0 aliphatic rings. The molecule has 2 aromatic carbocycles. The SMILES string of the molecule is CCC(c1ccccc1)C(NN)c1ccc(Cl)c(Cl)c1. The number of halogens is 2. The monoisotopic (exact) mass is 308 g/mol. The minimum absolute atomic E-state index is 0.00262. The second kappa shape index (κ2) is 7.09. The van der Waals surface area contributed by atoms with Gasteiger partial charge in [-0.15, -0.1) is 0 Å². The van der Waals surface area contributed by atoms with E-state index in [2.05, 4.69) is 24.5 Å². The minimum Gasteiger partial charge on any atom is -0.271 e. The molecule has 0 saturated heterocycles. The molecule has 0 spiro atoms. The van der Waals surface area contributed by atoms with Gasteiger partial charge in [0.05, 0.1) is 16.1 Å². The van der Waals surface area contributed by atoms with Crippen LogP contribution in [0.4, 0.5) is 0 Å². The highest BCUT2D eigenvalue weighted by molar-refractivity contribution is 6.42. The highest BCUT2D eigenvalue weighted by Gasteiger charge is 2.22. The number of hydrogen-bond acceptors (Lipinski definition) is 2. The first-order valence-electron chi connectivity index (χ1n) is 6.63. The van der Waals surface area contributed by atoms with Gasteiger partial charge >= 0.3 is 0 Å². The highest BCUT2D eigenvalue weighted by atomic mass is 35.5. The van der Waals surface area contributed by atoms with E-state index in [1.807, 2.05) is 30.3 Å². The third-order valence-electron chi connectivity index (χ3n) is 3.55. The zero-order valence-corrected chi connectivity index (χ0v) is 12.8. The van der Waals surface area contributed by atoms with Crippen molar-refractivity contribution in [3.8, 4) is 0 Å². The molecule has 2 rings (SSSR count). The highest BCUT2D eigenvalue weighted by Crippen LogP contribution is 2.35. The lowest BCUT2D eigenvalue weighted by atomic mass is 9.85. The van der Waals surface area contributed by atoms with Crippen molar-refractivity contribution < 1.29 is 0 Å². The van der Waals surface area contributed by atoms with Crippen LogP contribution in [0.25, 0.3) is 0 Å². The molecule has 0 aliphatic heterocycles. The van der Waals surface area contributed by atoms with Crippen LogP contribution in [0.2, 0.25) is 10.0 Å². The van der Waals surface area contributed by atoms with Crippen LogP contribution in [0.3, 0.4) is 0 Å². The molecule has 0 aromatic heterocycles. The average molecular weight is 309 g/mol. The Morgan fingerprint density at radius 3 is 2.25 bits per heavy atom. The molecular formula is C16H18Cl2N2. The summed E-state index contributed by atoms with van der Waals surface area (Å²) in [4.78, 5) is 0. The molecule has 0 fully saturated rings. The maximum absolute atomic E-state index is 6.11. The molecule has 4 heteroatoms. The normalized spacial score (nSPS) is 14.0. The van der Waals surface area contributed by atoms with Crippen molar-refractivity contribution in [3.63, 3.8) is 0 Å². The van der Waals surface area contributed by atoms with Crippen LogP contribution in [0.1, 0.15) is 36.4 Å². The Labute approximate surface area is 129 Å². The fraction of sp³-hybridized carbons (Fsp3) is 0.250. The van der Waals surface area contributed by atoms with E-state index >= 15 is 0 Å². The van der Waals surface area contributed by atoms with Gasteiger partial charge in [-0.3, -0.25) is 11.3 Å². The molecule has 106 valence electrons. The van der Waals surface area contributed by atoms with Gasteiger partial charge in [-0.25, -0.2) is 0 Å². The van der Waals surface area contributed by atoms with Gasteiger partial charge in [0.25, 0.3) is 0 Å². The lowest BCUT2D eigenvalue weighted by Crippen LogP contribution is -2.32. The smallest absolute Gasteiger partial charge is 0.0595 e. The summed E-state index contributed by atoms with van der Waals surface area (Å²) in [6.07, 6.45) is 0.971. The van der Waals surface area contributed by atoms with E-state index in [0.29, 0.717) is 10.0 Å². The van der Waals surface area contributed by atoms with Crippen LogP contribution in [-0.2, 0) is 0 Å². The molecule has 0 bridgehead atoms. The van der Waals surface area contributed by atoms with Crippen molar-refractivity contribution >= 4 is 23.2 Å². The van der Waals surface area contributed by atoms with E-state index in [4.69, 9.17) is 29.0 Å². The van der Waals surface area contributed by atoms with Crippen molar-refractivity contribution in [2.45, 2.75) is 25.3 Å². The second-order valence-corrected chi connectivity index (χ2v) is 5.56. The Morgan fingerprint density at radius 2 is 1.70 bits per heavy atom. The number of hydrazine groups is 1. The Kier molecular flexibility index (Phi) is 5.44. The summed E-state index contributed by atoms with van der Waals surface area (Å²) < 4.78 is 0. The van der Waals surface area contributed by atoms with E-state index < -0.39 is 0 Å². The van der Waals surface area contributed by atoms with E-state index in [1.54, 1.807) is 6.07 Å². The molecule has 0 saturated carbocycles. The molecular weight excluding hydrogens is 291 g/mol. The van der Waals surface area contributed by atoms with Crippen LogP contribution < -0.4 is 11.3 Å². The first-order chi connectivity index (χ1) is 9.67. The van der Waals surface area contributed by atoms with Crippen LogP contribution >= 0.6 is 23.2 Å². The van der Waals surface area contributed by atoms with E-state index in [9.17, 15) is 0 Å². The molecule has 2 unspecified atom stereocenters. The van der Waals surface area contributed by atoms with E-state index in [1.165, 1.54) is 5.56 Å². The van der Waals surface area contributed by atoms with E-state index in [-0.39, 0.29) is 12.0 Å². The zero-order chi connectivity index (χ0) is 14.5. The summed E-state index contributed by atoms with van der Waals surface area (Å²) >= 11 is 12.1. The summed E-state index contributed by atoms with van der Waals surface area (Å²) in [5, 5.41) is 1.10. The fourth-order valence-electron chi connectivity index (χ4n) is 2.51. The predicted molar refractivity (Wildman–Crippen MR) is 86.0 cm³/mol.